The van der Waals surface area contributed by atoms with Gasteiger partial charge in [-0.25, -0.2) is 4.79 Å². The predicted octanol–water partition coefficient (Wildman–Crippen LogP) is 0.258. The molecule has 0 saturated heterocycles. The maximum absolute atomic E-state index is 11.6. The van der Waals surface area contributed by atoms with E-state index in [1.807, 2.05) is 6.92 Å². The molecule has 0 aromatic heterocycles. The molecular formula is C11H20N2O4. The van der Waals surface area contributed by atoms with Crippen LogP contribution in [-0.4, -0.2) is 28.9 Å². The molecular weight excluding hydrogens is 224 g/mol. The summed E-state index contributed by atoms with van der Waals surface area (Å²) in [5.74, 6) is -2.26. The fourth-order valence-corrected chi connectivity index (χ4v) is 1.42. The van der Waals surface area contributed by atoms with Crippen LogP contribution in [0.15, 0.2) is 0 Å². The zero-order valence-corrected chi connectivity index (χ0v) is 10.2. The largest absolute Gasteiger partial charge is 0.480 e. The minimum absolute atomic E-state index is 0.0231. The SMILES string of the molecule is CCCC(C)C(=O)N[C@@H](CCC(N)=O)C(=O)O. The number of hydrogen-bond donors (Lipinski definition) is 3. The van der Waals surface area contributed by atoms with Gasteiger partial charge in [-0.2, -0.15) is 0 Å². The Morgan fingerprint density at radius 2 is 1.88 bits per heavy atom. The molecule has 0 saturated carbocycles. The first-order valence-corrected chi connectivity index (χ1v) is 5.70. The van der Waals surface area contributed by atoms with E-state index in [1.165, 1.54) is 0 Å². The number of nitrogens with one attached hydrogen (secondary N) is 1. The highest BCUT2D eigenvalue weighted by atomic mass is 16.4. The maximum Gasteiger partial charge on any atom is 0.326 e. The number of rotatable bonds is 8. The van der Waals surface area contributed by atoms with Gasteiger partial charge in [-0.15, -0.1) is 0 Å². The van der Waals surface area contributed by atoms with Gasteiger partial charge in [0.2, 0.25) is 11.8 Å². The van der Waals surface area contributed by atoms with Crippen molar-refractivity contribution in [3.63, 3.8) is 0 Å². The van der Waals surface area contributed by atoms with Crippen LogP contribution in [0.4, 0.5) is 0 Å². The van der Waals surface area contributed by atoms with Crippen LogP contribution < -0.4 is 11.1 Å². The van der Waals surface area contributed by atoms with Crippen LogP contribution in [0.25, 0.3) is 0 Å². The second kappa shape index (κ2) is 7.65. The lowest BCUT2D eigenvalue weighted by molar-refractivity contribution is -0.142. The van der Waals surface area contributed by atoms with Gasteiger partial charge < -0.3 is 16.2 Å². The molecule has 17 heavy (non-hydrogen) atoms. The Balaban J connectivity index is 4.29. The first-order chi connectivity index (χ1) is 7.88. The summed E-state index contributed by atoms with van der Waals surface area (Å²) >= 11 is 0. The topological polar surface area (TPSA) is 109 Å². The lowest BCUT2D eigenvalue weighted by Crippen LogP contribution is -2.43. The third-order valence-electron chi connectivity index (χ3n) is 2.46. The highest BCUT2D eigenvalue weighted by Crippen LogP contribution is 2.06. The summed E-state index contributed by atoms with van der Waals surface area (Å²) in [6, 6.07) is -1.05. The smallest absolute Gasteiger partial charge is 0.326 e. The van der Waals surface area contributed by atoms with E-state index in [0.717, 1.165) is 6.42 Å². The standard InChI is InChI=1S/C11H20N2O4/c1-3-4-7(2)10(15)13-8(11(16)17)5-6-9(12)14/h7-8H,3-6H2,1-2H3,(H2,12,14)(H,13,15)(H,16,17)/t7?,8-/m0/s1. The van der Waals surface area contributed by atoms with Crippen LogP contribution in [0.2, 0.25) is 0 Å². The summed E-state index contributed by atoms with van der Waals surface area (Å²) in [6.07, 6.45) is 1.52. The van der Waals surface area contributed by atoms with Gasteiger partial charge in [0.15, 0.2) is 0 Å². The summed E-state index contributed by atoms with van der Waals surface area (Å²) < 4.78 is 0. The number of carbonyl (C=O) groups excluding carboxylic acids is 2. The lowest BCUT2D eigenvalue weighted by atomic mass is 10.0. The first kappa shape index (κ1) is 15.4. The van der Waals surface area contributed by atoms with Crippen LogP contribution in [0.5, 0.6) is 0 Å². The van der Waals surface area contributed by atoms with E-state index in [1.54, 1.807) is 6.92 Å². The monoisotopic (exact) mass is 244 g/mol. The summed E-state index contributed by atoms with van der Waals surface area (Å²) in [7, 11) is 0. The molecule has 6 heteroatoms. The zero-order valence-electron chi connectivity index (χ0n) is 10.2. The molecule has 1 unspecified atom stereocenters. The minimum Gasteiger partial charge on any atom is -0.480 e. The van der Waals surface area contributed by atoms with Crippen molar-refractivity contribution in [2.24, 2.45) is 11.7 Å². The molecule has 0 aliphatic carbocycles. The van der Waals surface area contributed by atoms with Crippen molar-refractivity contribution >= 4 is 17.8 Å². The summed E-state index contributed by atoms with van der Waals surface area (Å²) in [4.78, 5) is 33.0. The molecule has 0 aromatic carbocycles. The van der Waals surface area contributed by atoms with E-state index in [0.29, 0.717) is 6.42 Å². The Morgan fingerprint density at radius 3 is 2.29 bits per heavy atom. The van der Waals surface area contributed by atoms with E-state index in [9.17, 15) is 14.4 Å². The number of nitrogens with two attached hydrogens (primary N) is 1. The van der Waals surface area contributed by atoms with Gasteiger partial charge >= 0.3 is 5.97 Å². The quantitative estimate of drug-likeness (QED) is 0.568. The number of carbonyl (C=O) groups is 3. The van der Waals surface area contributed by atoms with Gasteiger partial charge in [0.1, 0.15) is 6.04 Å². The molecule has 4 N–H and O–H groups in total. The van der Waals surface area contributed by atoms with E-state index in [4.69, 9.17) is 10.8 Å². The van der Waals surface area contributed by atoms with Crippen molar-refractivity contribution in [1.29, 1.82) is 0 Å². The summed E-state index contributed by atoms with van der Waals surface area (Å²) in [5.41, 5.74) is 4.93. The molecule has 0 aromatic rings. The number of amides is 2. The number of primary amides is 1. The molecule has 6 nitrogen and oxygen atoms in total. The third-order valence-corrected chi connectivity index (χ3v) is 2.46. The van der Waals surface area contributed by atoms with Gasteiger partial charge in [-0.05, 0) is 12.8 Å². The van der Waals surface area contributed by atoms with Gasteiger partial charge in [-0.1, -0.05) is 20.3 Å². The van der Waals surface area contributed by atoms with Crippen molar-refractivity contribution in [2.75, 3.05) is 0 Å². The van der Waals surface area contributed by atoms with Gasteiger partial charge in [-0.3, -0.25) is 9.59 Å². The Kier molecular flexibility index (Phi) is 6.93. The molecule has 0 heterocycles. The Bertz CT molecular complexity index is 291. The molecule has 0 aliphatic rings. The highest BCUT2D eigenvalue weighted by molar-refractivity contribution is 5.85. The lowest BCUT2D eigenvalue weighted by Gasteiger charge is -2.16. The van der Waals surface area contributed by atoms with Crippen molar-refractivity contribution in [3.8, 4) is 0 Å². The first-order valence-electron chi connectivity index (χ1n) is 5.70. The fraction of sp³-hybridized carbons (Fsp3) is 0.727. The molecule has 0 rings (SSSR count). The van der Waals surface area contributed by atoms with Gasteiger partial charge in [0, 0.05) is 12.3 Å². The second-order valence-electron chi connectivity index (χ2n) is 4.09. The van der Waals surface area contributed by atoms with Crippen molar-refractivity contribution in [3.05, 3.63) is 0 Å². The predicted molar refractivity (Wildman–Crippen MR) is 62.1 cm³/mol. The molecule has 0 fully saturated rings. The van der Waals surface area contributed by atoms with E-state index >= 15 is 0 Å². The maximum atomic E-state index is 11.6. The Labute approximate surface area is 101 Å². The normalized spacial score (nSPS) is 13.8. The van der Waals surface area contributed by atoms with Gasteiger partial charge in [0.25, 0.3) is 0 Å². The minimum atomic E-state index is -1.15. The van der Waals surface area contributed by atoms with Crippen LogP contribution in [0, 0.1) is 5.92 Å². The van der Waals surface area contributed by atoms with Crippen LogP contribution >= 0.6 is 0 Å². The molecule has 2 amide bonds. The molecule has 0 radical (unpaired) electrons. The second-order valence-corrected chi connectivity index (χ2v) is 4.09. The summed E-state index contributed by atoms with van der Waals surface area (Å²) in [6.45, 7) is 3.69. The van der Waals surface area contributed by atoms with Crippen molar-refractivity contribution in [1.82, 2.24) is 5.32 Å². The molecule has 98 valence electrons. The number of hydrogen-bond acceptors (Lipinski definition) is 3. The van der Waals surface area contributed by atoms with E-state index < -0.39 is 17.9 Å². The number of carboxylic acids is 1. The average molecular weight is 244 g/mol. The molecule has 0 bridgehead atoms. The molecule has 0 aliphatic heterocycles. The van der Waals surface area contributed by atoms with Gasteiger partial charge in [0.05, 0.1) is 0 Å². The van der Waals surface area contributed by atoms with Crippen LogP contribution in [0.1, 0.15) is 39.5 Å². The third kappa shape index (κ3) is 6.55. The van der Waals surface area contributed by atoms with E-state index in [-0.39, 0.29) is 24.7 Å². The average Bonchev–Trinajstić information content (AvgIpc) is 2.23. The van der Waals surface area contributed by atoms with E-state index in [2.05, 4.69) is 5.32 Å². The molecule has 2 atom stereocenters. The molecule has 0 spiro atoms. The van der Waals surface area contributed by atoms with Crippen LogP contribution in [0.3, 0.4) is 0 Å². The van der Waals surface area contributed by atoms with Crippen molar-refractivity contribution < 1.29 is 19.5 Å². The van der Waals surface area contributed by atoms with Crippen LogP contribution in [-0.2, 0) is 14.4 Å². The Morgan fingerprint density at radius 1 is 1.29 bits per heavy atom. The van der Waals surface area contributed by atoms with Crippen molar-refractivity contribution in [2.45, 2.75) is 45.6 Å². The zero-order chi connectivity index (χ0) is 13.4. The highest BCUT2D eigenvalue weighted by Gasteiger charge is 2.22. The number of carboxylic acid groups (broad SMARTS) is 1. The fourth-order valence-electron chi connectivity index (χ4n) is 1.42. The number of aliphatic carboxylic acids is 1. The summed E-state index contributed by atoms with van der Waals surface area (Å²) in [5, 5.41) is 11.3. The Hall–Kier alpha value is -1.59.